The predicted octanol–water partition coefficient (Wildman–Crippen LogP) is 1.32. The summed E-state index contributed by atoms with van der Waals surface area (Å²) in [5.41, 5.74) is -0.657. The molecule has 0 radical (unpaired) electrons. The minimum Gasteiger partial charge on any atom is -0.444 e. The second kappa shape index (κ2) is 7.59. The highest BCUT2D eigenvalue weighted by Gasteiger charge is 2.25. The zero-order valence-corrected chi connectivity index (χ0v) is 12.6. The summed E-state index contributed by atoms with van der Waals surface area (Å²) in [6, 6.07) is -0.545. The van der Waals surface area contributed by atoms with Crippen molar-refractivity contribution >= 4 is 12.0 Å². The van der Waals surface area contributed by atoms with E-state index in [1.54, 1.807) is 20.8 Å². The first-order chi connectivity index (χ1) is 9.31. The van der Waals surface area contributed by atoms with Crippen LogP contribution in [0.15, 0.2) is 0 Å². The Morgan fingerprint density at radius 3 is 2.35 bits per heavy atom. The summed E-state index contributed by atoms with van der Waals surface area (Å²) in [6.45, 7) is 4.83. The van der Waals surface area contributed by atoms with E-state index in [4.69, 9.17) is 4.74 Å². The van der Waals surface area contributed by atoms with Crippen molar-refractivity contribution in [1.82, 2.24) is 10.6 Å². The summed E-state index contributed by atoms with van der Waals surface area (Å²) in [4.78, 5) is 23.4. The summed E-state index contributed by atoms with van der Waals surface area (Å²) in [5, 5.41) is 14.6. The zero-order valence-electron chi connectivity index (χ0n) is 12.6. The van der Waals surface area contributed by atoms with E-state index in [1.807, 2.05) is 0 Å². The van der Waals surface area contributed by atoms with Gasteiger partial charge in [0.25, 0.3) is 0 Å². The molecule has 0 saturated heterocycles. The third kappa shape index (κ3) is 6.34. The highest BCUT2D eigenvalue weighted by molar-refractivity contribution is 5.95. The van der Waals surface area contributed by atoms with E-state index in [0.29, 0.717) is 0 Å². The topological polar surface area (TPSA) is 87.7 Å². The minimum absolute atomic E-state index is 0.227. The van der Waals surface area contributed by atoms with E-state index < -0.39 is 23.6 Å². The lowest BCUT2D eigenvalue weighted by atomic mass is 9.95. The molecule has 6 nitrogen and oxygen atoms in total. The van der Waals surface area contributed by atoms with Crippen LogP contribution in [0.1, 0.15) is 52.9 Å². The van der Waals surface area contributed by atoms with Crippen molar-refractivity contribution in [1.29, 1.82) is 0 Å². The number of aliphatic hydroxyl groups is 1. The fourth-order valence-corrected chi connectivity index (χ4v) is 2.26. The molecule has 20 heavy (non-hydrogen) atoms. The van der Waals surface area contributed by atoms with Crippen LogP contribution in [0.4, 0.5) is 4.79 Å². The summed E-state index contributed by atoms with van der Waals surface area (Å²) in [7, 11) is 0. The average Bonchev–Trinajstić information content (AvgIpc) is 2.34. The Hall–Kier alpha value is -1.14. The van der Waals surface area contributed by atoms with Gasteiger partial charge in [-0.1, -0.05) is 19.3 Å². The lowest BCUT2D eigenvalue weighted by Crippen LogP contribution is -2.52. The van der Waals surface area contributed by atoms with Crippen LogP contribution in [-0.4, -0.2) is 41.4 Å². The number of alkyl carbamates (subject to hydrolysis) is 1. The second-order valence-corrected chi connectivity index (χ2v) is 6.23. The second-order valence-electron chi connectivity index (χ2n) is 6.23. The summed E-state index contributed by atoms with van der Waals surface area (Å²) in [5.74, 6) is -0.549. The number of rotatable bonds is 4. The Morgan fingerprint density at radius 2 is 1.85 bits per heavy atom. The highest BCUT2D eigenvalue weighted by atomic mass is 16.6. The molecule has 1 aliphatic rings. The van der Waals surface area contributed by atoms with Gasteiger partial charge in [-0.25, -0.2) is 4.79 Å². The molecule has 0 aromatic carbocycles. The largest absolute Gasteiger partial charge is 0.444 e. The molecule has 1 rings (SSSR count). The lowest BCUT2D eigenvalue weighted by molar-refractivity contribution is -0.124. The van der Waals surface area contributed by atoms with Gasteiger partial charge in [0.2, 0.25) is 5.91 Å². The van der Waals surface area contributed by atoms with Crippen LogP contribution >= 0.6 is 0 Å². The molecule has 3 N–H and O–H groups in total. The van der Waals surface area contributed by atoms with Crippen molar-refractivity contribution < 1.29 is 19.4 Å². The van der Waals surface area contributed by atoms with Gasteiger partial charge >= 0.3 is 6.09 Å². The standard InChI is InChI=1S/C14H26N2O4/c1-14(2,3)20-13(19)16-12(18)11(9-17)15-10-7-5-4-6-8-10/h10-11,15,17H,4-9H2,1-3H3,(H,16,18,19)/t11-/m0/s1. The van der Waals surface area contributed by atoms with Gasteiger partial charge < -0.3 is 15.2 Å². The molecule has 0 heterocycles. The van der Waals surface area contributed by atoms with E-state index in [1.165, 1.54) is 6.42 Å². The van der Waals surface area contributed by atoms with E-state index in [0.717, 1.165) is 25.7 Å². The smallest absolute Gasteiger partial charge is 0.414 e. The number of hydrogen-bond donors (Lipinski definition) is 3. The van der Waals surface area contributed by atoms with Crippen molar-refractivity contribution in [2.45, 2.75) is 70.6 Å². The Labute approximate surface area is 120 Å². The van der Waals surface area contributed by atoms with Crippen molar-refractivity contribution in [2.24, 2.45) is 0 Å². The van der Waals surface area contributed by atoms with E-state index in [-0.39, 0.29) is 12.6 Å². The van der Waals surface area contributed by atoms with Crippen molar-refractivity contribution in [2.75, 3.05) is 6.61 Å². The maximum absolute atomic E-state index is 11.9. The third-order valence-corrected chi connectivity index (χ3v) is 3.17. The number of imide groups is 1. The lowest BCUT2D eigenvalue weighted by Gasteiger charge is -2.27. The normalized spacial score (nSPS) is 18.4. The Kier molecular flexibility index (Phi) is 6.42. The molecule has 0 aliphatic heterocycles. The monoisotopic (exact) mass is 286 g/mol. The molecule has 0 aromatic heterocycles. The summed E-state index contributed by atoms with van der Waals surface area (Å²) < 4.78 is 5.01. The number of nitrogens with one attached hydrogen (secondary N) is 2. The van der Waals surface area contributed by atoms with Crippen molar-refractivity contribution in [3.05, 3.63) is 0 Å². The quantitative estimate of drug-likeness (QED) is 0.725. The van der Waals surface area contributed by atoms with Crippen LogP contribution in [0, 0.1) is 0 Å². The van der Waals surface area contributed by atoms with Crippen LogP contribution in [0.3, 0.4) is 0 Å². The SMILES string of the molecule is CC(C)(C)OC(=O)NC(=O)[C@H](CO)NC1CCCCC1. The molecule has 0 spiro atoms. The number of amides is 2. The van der Waals surface area contributed by atoms with Gasteiger partial charge in [0.1, 0.15) is 11.6 Å². The first-order valence-electron chi connectivity index (χ1n) is 7.22. The number of aliphatic hydroxyl groups excluding tert-OH is 1. The van der Waals surface area contributed by atoms with Gasteiger partial charge in [0, 0.05) is 6.04 Å². The summed E-state index contributed by atoms with van der Waals surface area (Å²) >= 11 is 0. The molecule has 1 atom stereocenters. The zero-order chi connectivity index (χ0) is 15.2. The maximum Gasteiger partial charge on any atom is 0.414 e. The minimum atomic E-state index is -0.786. The molecule has 1 aliphatic carbocycles. The van der Waals surface area contributed by atoms with Crippen molar-refractivity contribution in [3.63, 3.8) is 0 Å². The first-order valence-corrected chi connectivity index (χ1v) is 7.22. The van der Waals surface area contributed by atoms with Crippen LogP contribution < -0.4 is 10.6 Å². The Bertz CT molecular complexity index is 333. The Balaban J connectivity index is 2.43. The number of carbonyl (C=O) groups is 2. The fraction of sp³-hybridized carbons (Fsp3) is 0.857. The van der Waals surface area contributed by atoms with Crippen molar-refractivity contribution in [3.8, 4) is 0 Å². The molecule has 116 valence electrons. The first kappa shape index (κ1) is 16.9. The molecule has 6 heteroatoms. The molecule has 1 fully saturated rings. The fourth-order valence-electron chi connectivity index (χ4n) is 2.26. The molecule has 0 aromatic rings. The highest BCUT2D eigenvalue weighted by Crippen LogP contribution is 2.17. The van der Waals surface area contributed by atoms with Crippen LogP contribution in [0.25, 0.3) is 0 Å². The van der Waals surface area contributed by atoms with Crippen LogP contribution in [0.2, 0.25) is 0 Å². The average molecular weight is 286 g/mol. The number of carbonyl (C=O) groups excluding carboxylic acids is 2. The predicted molar refractivity (Wildman–Crippen MR) is 75.3 cm³/mol. The van der Waals surface area contributed by atoms with Gasteiger partial charge in [-0.3, -0.25) is 10.1 Å². The van der Waals surface area contributed by atoms with Crippen LogP contribution in [-0.2, 0) is 9.53 Å². The van der Waals surface area contributed by atoms with Gasteiger partial charge in [-0.15, -0.1) is 0 Å². The van der Waals surface area contributed by atoms with Gasteiger partial charge in [0.15, 0.2) is 0 Å². The van der Waals surface area contributed by atoms with Gasteiger partial charge in [-0.05, 0) is 33.6 Å². The maximum atomic E-state index is 11.9. The van der Waals surface area contributed by atoms with E-state index >= 15 is 0 Å². The van der Waals surface area contributed by atoms with E-state index in [9.17, 15) is 14.7 Å². The van der Waals surface area contributed by atoms with Gasteiger partial charge in [0.05, 0.1) is 6.61 Å². The number of ether oxygens (including phenoxy) is 1. The molecule has 1 saturated carbocycles. The Morgan fingerprint density at radius 1 is 1.25 bits per heavy atom. The van der Waals surface area contributed by atoms with E-state index in [2.05, 4.69) is 10.6 Å². The molecular weight excluding hydrogens is 260 g/mol. The summed E-state index contributed by atoms with van der Waals surface area (Å²) in [6.07, 6.45) is 4.68. The molecule has 2 amide bonds. The molecule has 0 unspecified atom stereocenters. The van der Waals surface area contributed by atoms with Crippen LogP contribution in [0.5, 0.6) is 0 Å². The van der Waals surface area contributed by atoms with Gasteiger partial charge in [-0.2, -0.15) is 0 Å². The third-order valence-electron chi connectivity index (χ3n) is 3.17. The molecular formula is C14H26N2O4. The molecule has 0 bridgehead atoms. The number of hydrogen-bond acceptors (Lipinski definition) is 5.